The summed E-state index contributed by atoms with van der Waals surface area (Å²) in [7, 11) is -0.992. The van der Waals surface area contributed by atoms with E-state index in [4.69, 9.17) is 0 Å². The second-order valence-electron chi connectivity index (χ2n) is 5.50. The molecule has 0 saturated carbocycles. The molecule has 3 rings (SSSR count). The van der Waals surface area contributed by atoms with E-state index in [0.29, 0.717) is 0 Å². The molecule has 1 heteroatoms. The Morgan fingerprint density at radius 3 is 1.89 bits per heavy atom. The molecule has 0 aliphatic carbocycles. The SMILES string of the molecule is Cc1cc(C)c([P+]2(c3ccccc3)CC2)c(C)c1. The van der Waals surface area contributed by atoms with Crippen molar-refractivity contribution in [1.82, 2.24) is 0 Å². The largest absolute Gasteiger partial charge is 0.105 e. The molecule has 0 N–H and O–H groups in total. The standard InChI is InChI=1S/C17H20P/c1-13-11-14(2)17(15(3)12-13)18(9-10-18)16-7-5-4-6-8-16/h4-8,11-12H,9-10H2,1-3H3/q+1. The predicted octanol–water partition coefficient (Wildman–Crippen LogP) is 3.59. The van der Waals surface area contributed by atoms with Gasteiger partial charge < -0.3 is 0 Å². The summed E-state index contributed by atoms with van der Waals surface area (Å²) in [6, 6.07) is 15.9. The number of rotatable bonds is 2. The van der Waals surface area contributed by atoms with Crippen molar-refractivity contribution in [3.8, 4) is 0 Å². The highest BCUT2D eigenvalue weighted by atomic mass is 31.2. The molecule has 0 nitrogen and oxygen atoms in total. The van der Waals surface area contributed by atoms with E-state index in [1.807, 2.05) is 0 Å². The minimum Gasteiger partial charge on any atom is -0.0620 e. The Hall–Kier alpha value is -1.13. The highest BCUT2D eigenvalue weighted by Gasteiger charge is 2.57. The van der Waals surface area contributed by atoms with Gasteiger partial charge in [0.1, 0.15) is 17.6 Å². The third-order valence-electron chi connectivity index (χ3n) is 3.98. The molecule has 2 aromatic rings. The zero-order valence-electron chi connectivity index (χ0n) is 11.4. The normalized spacial score (nSPS) is 16.6. The Balaban J connectivity index is 2.17. The van der Waals surface area contributed by atoms with Gasteiger partial charge in [-0.25, -0.2) is 0 Å². The smallest absolute Gasteiger partial charge is 0.0620 e. The van der Waals surface area contributed by atoms with E-state index < -0.39 is 7.26 Å². The van der Waals surface area contributed by atoms with E-state index in [2.05, 4.69) is 63.2 Å². The van der Waals surface area contributed by atoms with E-state index in [1.54, 1.807) is 10.6 Å². The lowest BCUT2D eigenvalue weighted by Gasteiger charge is -2.14. The van der Waals surface area contributed by atoms with Gasteiger partial charge in [-0.15, -0.1) is 0 Å². The maximum absolute atomic E-state index is 2.35. The van der Waals surface area contributed by atoms with Crippen molar-refractivity contribution in [2.75, 3.05) is 12.3 Å². The lowest BCUT2D eigenvalue weighted by Crippen LogP contribution is -2.19. The molecule has 1 aliphatic heterocycles. The van der Waals surface area contributed by atoms with E-state index in [1.165, 1.54) is 29.0 Å². The van der Waals surface area contributed by atoms with Gasteiger partial charge in [-0.1, -0.05) is 35.9 Å². The fraction of sp³-hybridized carbons (Fsp3) is 0.294. The molecule has 1 saturated heterocycles. The van der Waals surface area contributed by atoms with Crippen LogP contribution in [0.3, 0.4) is 0 Å². The molecular formula is C17H20P+. The van der Waals surface area contributed by atoms with Gasteiger partial charge in [-0.05, 0) is 44.0 Å². The third-order valence-corrected chi connectivity index (χ3v) is 8.17. The fourth-order valence-corrected chi connectivity index (χ4v) is 7.52. The van der Waals surface area contributed by atoms with Crippen LogP contribution in [0.2, 0.25) is 0 Å². The van der Waals surface area contributed by atoms with Crippen LogP contribution in [0.4, 0.5) is 0 Å². The first-order chi connectivity index (χ1) is 8.63. The summed E-state index contributed by atoms with van der Waals surface area (Å²) in [4.78, 5) is 0. The van der Waals surface area contributed by atoms with Crippen molar-refractivity contribution in [3.63, 3.8) is 0 Å². The van der Waals surface area contributed by atoms with Crippen molar-refractivity contribution in [2.45, 2.75) is 20.8 Å². The molecule has 92 valence electrons. The Bertz CT molecular complexity index is 557. The van der Waals surface area contributed by atoms with Crippen LogP contribution in [0.5, 0.6) is 0 Å². The lowest BCUT2D eigenvalue weighted by molar-refractivity contribution is 1.35. The second kappa shape index (κ2) is 4.21. The molecule has 0 atom stereocenters. The van der Waals surface area contributed by atoms with Crippen molar-refractivity contribution in [3.05, 3.63) is 59.2 Å². The van der Waals surface area contributed by atoms with Crippen LogP contribution in [-0.2, 0) is 0 Å². The fourth-order valence-electron chi connectivity index (χ4n) is 3.27. The Morgan fingerprint density at radius 1 is 0.833 bits per heavy atom. The molecule has 1 fully saturated rings. The summed E-state index contributed by atoms with van der Waals surface area (Å²) < 4.78 is 0. The summed E-state index contributed by atoms with van der Waals surface area (Å²) in [6.07, 6.45) is 2.81. The molecule has 0 aromatic heterocycles. The van der Waals surface area contributed by atoms with Crippen LogP contribution in [0.15, 0.2) is 42.5 Å². The van der Waals surface area contributed by atoms with Gasteiger partial charge in [0.2, 0.25) is 0 Å². The van der Waals surface area contributed by atoms with Crippen molar-refractivity contribution in [1.29, 1.82) is 0 Å². The molecule has 1 heterocycles. The van der Waals surface area contributed by atoms with Gasteiger partial charge in [0, 0.05) is 0 Å². The number of hydrogen-bond acceptors (Lipinski definition) is 0. The van der Waals surface area contributed by atoms with Crippen LogP contribution in [-0.4, -0.2) is 12.3 Å². The lowest BCUT2D eigenvalue weighted by atomic mass is 10.1. The average Bonchev–Trinajstić information content (AvgIpc) is 3.10. The molecule has 2 aromatic carbocycles. The van der Waals surface area contributed by atoms with Gasteiger partial charge in [-0.2, -0.15) is 0 Å². The van der Waals surface area contributed by atoms with E-state index in [-0.39, 0.29) is 0 Å². The van der Waals surface area contributed by atoms with Crippen LogP contribution in [0.1, 0.15) is 16.7 Å². The summed E-state index contributed by atoms with van der Waals surface area (Å²) in [5.74, 6) is 0. The Morgan fingerprint density at radius 2 is 1.39 bits per heavy atom. The van der Waals surface area contributed by atoms with Gasteiger partial charge >= 0.3 is 0 Å². The molecule has 0 amide bonds. The predicted molar refractivity (Wildman–Crippen MR) is 83.0 cm³/mol. The number of aryl methyl sites for hydroxylation is 3. The first-order valence-electron chi connectivity index (χ1n) is 6.65. The monoisotopic (exact) mass is 255 g/mol. The third kappa shape index (κ3) is 1.80. The summed E-state index contributed by atoms with van der Waals surface area (Å²) in [6.45, 7) is 6.78. The zero-order chi connectivity index (χ0) is 12.8. The minimum atomic E-state index is -0.992. The average molecular weight is 255 g/mol. The summed E-state index contributed by atoms with van der Waals surface area (Å²) in [5, 5.41) is 3.28. The summed E-state index contributed by atoms with van der Waals surface area (Å²) in [5.41, 5.74) is 4.39. The van der Waals surface area contributed by atoms with Crippen molar-refractivity contribution >= 4 is 17.9 Å². The molecule has 18 heavy (non-hydrogen) atoms. The molecule has 0 spiro atoms. The zero-order valence-corrected chi connectivity index (χ0v) is 12.3. The van der Waals surface area contributed by atoms with Crippen molar-refractivity contribution < 1.29 is 0 Å². The van der Waals surface area contributed by atoms with Gasteiger partial charge in [0.25, 0.3) is 0 Å². The number of benzene rings is 2. The van der Waals surface area contributed by atoms with Gasteiger partial charge in [-0.3, -0.25) is 0 Å². The topological polar surface area (TPSA) is 0 Å². The maximum Gasteiger partial charge on any atom is 0.105 e. The quantitative estimate of drug-likeness (QED) is 0.719. The molecule has 0 radical (unpaired) electrons. The van der Waals surface area contributed by atoms with Crippen LogP contribution >= 0.6 is 7.26 Å². The van der Waals surface area contributed by atoms with Crippen LogP contribution in [0, 0.1) is 20.8 Å². The molecule has 1 aliphatic rings. The molecular weight excluding hydrogens is 235 g/mol. The van der Waals surface area contributed by atoms with Gasteiger partial charge in [0.15, 0.2) is 0 Å². The molecule has 0 bridgehead atoms. The highest BCUT2D eigenvalue weighted by molar-refractivity contribution is 7.95. The summed E-state index contributed by atoms with van der Waals surface area (Å²) >= 11 is 0. The van der Waals surface area contributed by atoms with Crippen LogP contribution < -0.4 is 10.6 Å². The van der Waals surface area contributed by atoms with E-state index in [9.17, 15) is 0 Å². The van der Waals surface area contributed by atoms with Gasteiger partial charge in [0.05, 0.1) is 12.6 Å². The minimum absolute atomic E-state index is 0.992. The van der Waals surface area contributed by atoms with E-state index in [0.717, 1.165) is 0 Å². The first kappa shape index (κ1) is 11.9. The number of hydrogen-bond donors (Lipinski definition) is 0. The van der Waals surface area contributed by atoms with E-state index >= 15 is 0 Å². The van der Waals surface area contributed by atoms with Crippen molar-refractivity contribution in [2.24, 2.45) is 0 Å². The first-order valence-corrected chi connectivity index (χ1v) is 8.80. The molecule has 0 unspecified atom stereocenters. The Labute approximate surface area is 110 Å². The highest BCUT2D eigenvalue weighted by Crippen LogP contribution is 2.70. The Kier molecular flexibility index (Phi) is 2.79. The second-order valence-corrected chi connectivity index (χ2v) is 9.29. The van der Waals surface area contributed by atoms with Crippen LogP contribution in [0.25, 0.3) is 0 Å². The maximum atomic E-state index is 2.35.